The van der Waals surface area contributed by atoms with Crippen molar-refractivity contribution < 1.29 is 56.1 Å². The summed E-state index contributed by atoms with van der Waals surface area (Å²) in [7, 11) is 1.97. The number of hydrogen-bond acceptors (Lipinski definition) is 11. The highest BCUT2D eigenvalue weighted by molar-refractivity contribution is 6.07. The Morgan fingerprint density at radius 3 is 2.30 bits per heavy atom. The summed E-state index contributed by atoms with van der Waals surface area (Å²) in [6.45, 7) is 6.82. The first-order valence-corrected chi connectivity index (χ1v) is 20.5. The molecule has 0 radical (unpaired) electrons. The SMILES string of the molecule is C/C=C(\NC(=O)CCOCCOCCNC(=O)c1ccc(F)c(-c2ccc(N3CC(C)N(C)[C@H](C)C3)c(NC(=O)c3c[nH]c(=O)cc3C(F)(F)F)c2)c1)C(=O)N1C[C@H](O)C[C@H]1C(N)=O. The summed E-state index contributed by atoms with van der Waals surface area (Å²) < 4.78 is 68.1. The van der Waals surface area contributed by atoms with Crippen molar-refractivity contribution in [1.29, 1.82) is 0 Å². The smallest absolute Gasteiger partial charge is 0.391 e. The third-order valence-corrected chi connectivity index (χ3v) is 11.0. The average molecular weight is 901 g/mol. The summed E-state index contributed by atoms with van der Waals surface area (Å²) in [6.07, 6.45) is -3.94. The molecule has 5 amide bonds. The molecule has 0 aliphatic carbocycles. The van der Waals surface area contributed by atoms with Crippen LogP contribution in [0, 0.1) is 5.82 Å². The number of nitrogens with two attached hydrogens (primary N) is 1. The Labute approximate surface area is 365 Å². The number of benzene rings is 2. The minimum Gasteiger partial charge on any atom is -0.391 e. The lowest BCUT2D eigenvalue weighted by Gasteiger charge is -2.44. The molecule has 5 rings (SSSR count). The van der Waals surface area contributed by atoms with Gasteiger partial charge in [0.1, 0.15) is 17.6 Å². The van der Waals surface area contributed by atoms with Crippen LogP contribution in [0.3, 0.4) is 0 Å². The lowest BCUT2D eigenvalue weighted by molar-refractivity contribution is -0.138. The highest BCUT2D eigenvalue weighted by Gasteiger charge is 2.39. The van der Waals surface area contributed by atoms with E-state index in [0.29, 0.717) is 31.0 Å². The fourth-order valence-electron chi connectivity index (χ4n) is 7.40. The van der Waals surface area contributed by atoms with Gasteiger partial charge in [0.15, 0.2) is 0 Å². The predicted molar refractivity (Wildman–Crippen MR) is 227 cm³/mol. The number of pyridine rings is 1. The van der Waals surface area contributed by atoms with E-state index in [1.165, 1.54) is 31.2 Å². The molecule has 7 N–H and O–H groups in total. The highest BCUT2D eigenvalue weighted by atomic mass is 19.4. The maximum absolute atomic E-state index is 15.4. The number of hydrogen-bond donors (Lipinski definition) is 6. The number of piperazine rings is 1. The number of aromatic amines is 1. The Bertz CT molecular complexity index is 2290. The van der Waals surface area contributed by atoms with Gasteiger partial charge < -0.3 is 51.0 Å². The predicted octanol–water partition coefficient (Wildman–Crippen LogP) is 2.60. The van der Waals surface area contributed by atoms with E-state index in [9.17, 15) is 47.0 Å². The molecular weight excluding hydrogens is 849 g/mol. The molecule has 0 saturated carbocycles. The first kappa shape index (κ1) is 48.9. The number of likely N-dealkylation sites (tertiary alicyclic amines) is 1. The standard InChI is InChI=1S/C43H52F4N8O9/c1-5-33(42(62)55-23-28(56)18-36(55)39(48)59)51-37(57)10-12-63-14-15-64-13-11-49-40(60)27-6-8-32(44)29(16-27)26-7-9-35(54-21-24(2)53(4)25(3)22-54)34(17-26)52-41(61)30-20-50-38(58)19-31(30)43(45,46)47/h5-9,16-17,19-20,24-25,28,36,56H,10-15,18,21-23H2,1-4H3,(H2,48,59)(H,49,60)(H,50,58)(H,51,57)(H,52,61)/b33-5-/t24-,25?,28-,36+/m1/s1. The number of nitrogens with zero attached hydrogens (tertiary/aromatic N) is 3. The summed E-state index contributed by atoms with van der Waals surface area (Å²) in [5.74, 6) is -4.34. The molecule has 1 unspecified atom stereocenters. The summed E-state index contributed by atoms with van der Waals surface area (Å²) >= 11 is 0. The van der Waals surface area contributed by atoms with Gasteiger partial charge in [-0.3, -0.25) is 33.7 Å². The fraction of sp³-hybridized carbons (Fsp3) is 0.442. The van der Waals surface area contributed by atoms with Crippen LogP contribution in [-0.2, 0) is 30.0 Å². The number of H-pyrrole nitrogens is 1. The minimum absolute atomic E-state index is 0.00469. The number of anilines is 2. The maximum Gasteiger partial charge on any atom is 0.417 e. The summed E-state index contributed by atoms with van der Waals surface area (Å²) in [4.78, 5) is 82.8. The number of alkyl halides is 3. The number of halogens is 4. The summed E-state index contributed by atoms with van der Waals surface area (Å²) in [6, 6.07) is 7.78. The lowest BCUT2D eigenvalue weighted by atomic mass is 9.99. The fourth-order valence-corrected chi connectivity index (χ4v) is 7.40. The van der Waals surface area contributed by atoms with E-state index in [4.69, 9.17) is 15.2 Å². The topological polar surface area (TPSA) is 229 Å². The number of aliphatic hydroxyl groups excluding tert-OH is 1. The van der Waals surface area contributed by atoms with E-state index in [1.807, 2.05) is 25.8 Å². The molecule has 2 aliphatic heterocycles. The summed E-state index contributed by atoms with van der Waals surface area (Å²) in [5.41, 5.74) is 2.85. The van der Waals surface area contributed by atoms with Crippen molar-refractivity contribution in [2.45, 2.75) is 64.0 Å². The maximum atomic E-state index is 15.4. The number of likely N-dealkylation sites (N-methyl/N-ethyl adjacent to an activating group) is 1. The van der Waals surface area contributed by atoms with Crippen LogP contribution < -0.4 is 32.1 Å². The second kappa shape index (κ2) is 21.5. The van der Waals surface area contributed by atoms with E-state index in [1.54, 1.807) is 12.1 Å². The molecule has 2 fully saturated rings. The van der Waals surface area contributed by atoms with E-state index in [0.717, 1.165) is 11.0 Å². The van der Waals surface area contributed by atoms with Crippen molar-refractivity contribution in [3.8, 4) is 11.1 Å². The van der Waals surface area contributed by atoms with E-state index >= 15 is 4.39 Å². The van der Waals surface area contributed by atoms with Gasteiger partial charge in [-0.15, -0.1) is 0 Å². The Kier molecular flexibility index (Phi) is 16.4. The van der Waals surface area contributed by atoms with Gasteiger partial charge in [-0.1, -0.05) is 12.1 Å². The van der Waals surface area contributed by atoms with Crippen LogP contribution in [0.4, 0.5) is 28.9 Å². The quantitative estimate of drug-likeness (QED) is 0.0656. The lowest BCUT2D eigenvalue weighted by Crippen LogP contribution is -2.55. The number of β-amino-alcohol motifs (C(OH)–C–C–N with tert-alkyl or cyclic N) is 1. The number of carbonyl (C=O) groups excluding carboxylic acids is 5. The third-order valence-electron chi connectivity index (χ3n) is 11.0. The van der Waals surface area contributed by atoms with E-state index in [-0.39, 0.29) is 92.5 Å². The van der Waals surface area contributed by atoms with Crippen LogP contribution >= 0.6 is 0 Å². The summed E-state index contributed by atoms with van der Waals surface area (Å²) in [5, 5.41) is 17.6. The molecule has 4 atom stereocenters. The average Bonchev–Trinajstić information content (AvgIpc) is 3.65. The van der Waals surface area contributed by atoms with Crippen LogP contribution in [0.25, 0.3) is 11.1 Å². The molecule has 0 spiro atoms. The van der Waals surface area contributed by atoms with Crippen molar-refractivity contribution in [2.75, 3.05) is 69.9 Å². The van der Waals surface area contributed by atoms with Gasteiger partial charge in [-0.25, -0.2) is 4.39 Å². The van der Waals surface area contributed by atoms with Crippen LogP contribution in [0.15, 0.2) is 65.2 Å². The Morgan fingerprint density at radius 2 is 1.64 bits per heavy atom. The number of carbonyl (C=O) groups is 5. The first-order chi connectivity index (χ1) is 30.3. The highest BCUT2D eigenvalue weighted by Crippen LogP contribution is 2.36. The molecule has 64 heavy (non-hydrogen) atoms. The van der Waals surface area contributed by atoms with Gasteiger partial charge >= 0.3 is 6.18 Å². The molecular formula is C43H52F4N8O9. The van der Waals surface area contributed by atoms with Crippen molar-refractivity contribution in [2.24, 2.45) is 5.73 Å². The molecule has 0 bridgehead atoms. The molecule has 2 saturated heterocycles. The van der Waals surface area contributed by atoms with Crippen molar-refractivity contribution in [1.82, 2.24) is 25.4 Å². The zero-order chi connectivity index (χ0) is 46.9. The van der Waals surface area contributed by atoms with Gasteiger partial charge in [0.05, 0.1) is 61.5 Å². The van der Waals surface area contributed by atoms with Gasteiger partial charge in [-0.05, 0) is 63.7 Å². The monoisotopic (exact) mass is 900 g/mol. The largest absolute Gasteiger partial charge is 0.417 e. The molecule has 17 nitrogen and oxygen atoms in total. The number of aromatic nitrogens is 1. The van der Waals surface area contributed by atoms with E-state index < -0.39 is 70.4 Å². The minimum atomic E-state index is -5.01. The number of aliphatic hydroxyl groups is 1. The number of rotatable bonds is 17. The van der Waals surface area contributed by atoms with Gasteiger partial charge in [-0.2, -0.15) is 13.2 Å². The number of primary amides is 1. The van der Waals surface area contributed by atoms with Crippen LogP contribution in [0.1, 0.15) is 59.9 Å². The second-order valence-electron chi connectivity index (χ2n) is 15.5. The van der Waals surface area contributed by atoms with E-state index in [2.05, 4.69) is 25.8 Å². The van der Waals surface area contributed by atoms with Crippen molar-refractivity contribution in [3.05, 3.63) is 93.3 Å². The molecule has 3 heterocycles. The van der Waals surface area contributed by atoms with Gasteiger partial charge in [0, 0.05) is 68.1 Å². The molecule has 21 heteroatoms. The molecule has 2 aromatic carbocycles. The molecule has 1 aromatic heterocycles. The Hall–Kier alpha value is -6.16. The molecule has 346 valence electrons. The Morgan fingerprint density at radius 1 is 0.953 bits per heavy atom. The number of amides is 5. The van der Waals surface area contributed by atoms with Crippen LogP contribution in [0.5, 0.6) is 0 Å². The molecule has 3 aromatic rings. The van der Waals surface area contributed by atoms with Crippen molar-refractivity contribution >= 4 is 40.9 Å². The normalized spacial score (nSPS) is 19.4. The number of ether oxygens (including phenoxy) is 2. The Balaban J connectivity index is 1.15. The zero-order valence-corrected chi connectivity index (χ0v) is 35.7. The number of nitrogens with one attached hydrogen (secondary N) is 4. The van der Waals surface area contributed by atoms with Gasteiger partial charge in [0.25, 0.3) is 17.7 Å². The number of allylic oxidation sites excluding steroid dienone is 1. The third kappa shape index (κ3) is 12.3. The van der Waals surface area contributed by atoms with Crippen LogP contribution in [0.2, 0.25) is 0 Å². The van der Waals surface area contributed by atoms with Crippen molar-refractivity contribution in [3.63, 3.8) is 0 Å². The van der Waals surface area contributed by atoms with Crippen LogP contribution in [-0.4, -0.2) is 133 Å². The molecule has 2 aliphatic rings. The second-order valence-corrected chi connectivity index (χ2v) is 15.5. The zero-order valence-electron chi connectivity index (χ0n) is 35.7. The van der Waals surface area contributed by atoms with Gasteiger partial charge in [0.2, 0.25) is 17.4 Å². The first-order valence-electron chi connectivity index (χ1n) is 20.5.